The minimum absolute atomic E-state index is 0.160. The molecule has 0 fully saturated rings. The molecule has 4 heteroatoms. The Balaban J connectivity index is 3.99. The molecule has 0 aromatic heterocycles. The van der Waals surface area contributed by atoms with Gasteiger partial charge in [0.05, 0.1) is 6.42 Å². The van der Waals surface area contributed by atoms with Gasteiger partial charge >= 0.3 is 5.97 Å². The van der Waals surface area contributed by atoms with E-state index in [0.717, 1.165) is 13.0 Å². The predicted octanol–water partition coefficient (Wildman–Crippen LogP) is 1.81. The van der Waals surface area contributed by atoms with Gasteiger partial charge in [0.25, 0.3) is 0 Å². The molecule has 0 amide bonds. The zero-order valence-corrected chi connectivity index (χ0v) is 11.8. The Bertz CT molecular complexity index is 221. The second-order valence-corrected chi connectivity index (χ2v) is 5.54. The first-order valence-corrected chi connectivity index (χ1v) is 6.33. The molecule has 0 radical (unpaired) electrons. The van der Waals surface area contributed by atoms with E-state index in [2.05, 4.69) is 18.7 Å². The minimum Gasteiger partial charge on any atom is -0.460 e. The van der Waals surface area contributed by atoms with E-state index < -0.39 is 5.60 Å². The normalized spacial score (nSPS) is 12.2. The maximum absolute atomic E-state index is 11.6. The van der Waals surface area contributed by atoms with E-state index in [1.165, 1.54) is 0 Å². The zero-order chi connectivity index (χ0) is 13.5. The highest BCUT2D eigenvalue weighted by Crippen LogP contribution is 2.09. The van der Waals surface area contributed by atoms with E-state index in [4.69, 9.17) is 9.84 Å². The van der Waals surface area contributed by atoms with E-state index in [1.54, 1.807) is 0 Å². The summed E-state index contributed by atoms with van der Waals surface area (Å²) >= 11 is 0. The van der Waals surface area contributed by atoms with Crippen molar-refractivity contribution in [3.8, 4) is 0 Å². The molecule has 17 heavy (non-hydrogen) atoms. The average molecular weight is 245 g/mol. The van der Waals surface area contributed by atoms with Crippen LogP contribution in [0.15, 0.2) is 0 Å². The SMILES string of the molecule is CC(C)N(CCCO)CCC(=O)OC(C)(C)C. The van der Waals surface area contributed by atoms with E-state index in [9.17, 15) is 4.79 Å². The van der Waals surface area contributed by atoms with Gasteiger partial charge in [-0.15, -0.1) is 0 Å². The van der Waals surface area contributed by atoms with Gasteiger partial charge in [-0.25, -0.2) is 0 Å². The van der Waals surface area contributed by atoms with Crippen molar-refractivity contribution in [2.45, 2.75) is 59.1 Å². The molecule has 0 rings (SSSR count). The van der Waals surface area contributed by atoms with E-state index >= 15 is 0 Å². The summed E-state index contributed by atoms with van der Waals surface area (Å²) in [7, 11) is 0. The highest BCUT2D eigenvalue weighted by atomic mass is 16.6. The quantitative estimate of drug-likeness (QED) is 0.695. The van der Waals surface area contributed by atoms with Crippen LogP contribution in [0.2, 0.25) is 0 Å². The van der Waals surface area contributed by atoms with Crippen molar-refractivity contribution in [1.82, 2.24) is 4.90 Å². The first-order valence-electron chi connectivity index (χ1n) is 6.33. The van der Waals surface area contributed by atoms with Gasteiger partial charge in [0, 0.05) is 25.7 Å². The standard InChI is InChI=1S/C13H27NO3/c1-11(2)14(8-6-10-15)9-7-12(16)17-13(3,4)5/h11,15H,6-10H2,1-5H3. The van der Waals surface area contributed by atoms with Crippen molar-refractivity contribution in [3.05, 3.63) is 0 Å². The number of carbonyl (C=O) groups is 1. The molecule has 0 saturated carbocycles. The number of nitrogens with zero attached hydrogens (tertiary/aromatic N) is 1. The smallest absolute Gasteiger partial charge is 0.307 e. The molecule has 0 spiro atoms. The fraction of sp³-hybridized carbons (Fsp3) is 0.923. The van der Waals surface area contributed by atoms with E-state index in [0.29, 0.717) is 19.0 Å². The summed E-state index contributed by atoms with van der Waals surface area (Å²) in [6.07, 6.45) is 1.15. The van der Waals surface area contributed by atoms with E-state index in [1.807, 2.05) is 20.8 Å². The maximum Gasteiger partial charge on any atom is 0.307 e. The summed E-state index contributed by atoms with van der Waals surface area (Å²) in [5, 5.41) is 8.81. The lowest BCUT2D eigenvalue weighted by atomic mass is 10.2. The van der Waals surface area contributed by atoms with Crippen LogP contribution in [0.4, 0.5) is 0 Å². The number of rotatable bonds is 7. The van der Waals surface area contributed by atoms with Crippen molar-refractivity contribution in [2.24, 2.45) is 0 Å². The average Bonchev–Trinajstić information content (AvgIpc) is 2.14. The fourth-order valence-corrected chi connectivity index (χ4v) is 1.53. The second kappa shape index (κ2) is 7.67. The molecule has 4 nitrogen and oxygen atoms in total. The number of hydrogen-bond acceptors (Lipinski definition) is 4. The monoisotopic (exact) mass is 245 g/mol. The Morgan fingerprint density at radius 1 is 1.29 bits per heavy atom. The molecular formula is C13H27NO3. The third-order valence-electron chi connectivity index (χ3n) is 2.36. The Kier molecular flexibility index (Phi) is 7.39. The van der Waals surface area contributed by atoms with Gasteiger partial charge in [0.15, 0.2) is 0 Å². The van der Waals surface area contributed by atoms with Gasteiger partial charge < -0.3 is 14.7 Å². The fourth-order valence-electron chi connectivity index (χ4n) is 1.53. The van der Waals surface area contributed by atoms with Crippen molar-refractivity contribution < 1.29 is 14.6 Å². The molecule has 0 saturated heterocycles. The van der Waals surface area contributed by atoms with Crippen LogP contribution >= 0.6 is 0 Å². The molecule has 0 aromatic rings. The lowest BCUT2D eigenvalue weighted by Gasteiger charge is -2.26. The molecule has 102 valence electrons. The van der Waals surface area contributed by atoms with Crippen LogP contribution in [-0.2, 0) is 9.53 Å². The first kappa shape index (κ1) is 16.4. The molecule has 0 heterocycles. The molecule has 0 unspecified atom stereocenters. The number of hydrogen-bond donors (Lipinski definition) is 1. The maximum atomic E-state index is 11.6. The van der Waals surface area contributed by atoms with Gasteiger partial charge in [-0.3, -0.25) is 4.79 Å². The third-order valence-corrected chi connectivity index (χ3v) is 2.36. The highest BCUT2D eigenvalue weighted by Gasteiger charge is 2.17. The number of aliphatic hydroxyl groups is 1. The molecule has 1 N–H and O–H groups in total. The topological polar surface area (TPSA) is 49.8 Å². The van der Waals surface area contributed by atoms with Crippen LogP contribution in [0.25, 0.3) is 0 Å². The summed E-state index contributed by atoms with van der Waals surface area (Å²) in [5.74, 6) is -0.160. The highest BCUT2D eigenvalue weighted by molar-refractivity contribution is 5.70. The van der Waals surface area contributed by atoms with Crippen molar-refractivity contribution in [3.63, 3.8) is 0 Å². The van der Waals surface area contributed by atoms with Gasteiger partial charge in [-0.1, -0.05) is 0 Å². The van der Waals surface area contributed by atoms with E-state index in [-0.39, 0.29) is 12.6 Å². The van der Waals surface area contributed by atoms with Gasteiger partial charge in [0.2, 0.25) is 0 Å². The van der Waals surface area contributed by atoms with Gasteiger partial charge in [-0.2, -0.15) is 0 Å². The summed E-state index contributed by atoms with van der Waals surface area (Å²) in [6, 6.07) is 0.379. The van der Waals surface area contributed by atoms with Gasteiger partial charge in [0.1, 0.15) is 5.60 Å². The van der Waals surface area contributed by atoms with Crippen LogP contribution in [-0.4, -0.2) is 47.3 Å². The molecular weight excluding hydrogens is 218 g/mol. The van der Waals surface area contributed by atoms with Crippen molar-refractivity contribution >= 4 is 5.97 Å². The molecule has 0 aliphatic rings. The molecule has 0 bridgehead atoms. The number of esters is 1. The summed E-state index contributed by atoms with van der Waals surface area (Å²) in [4.78, 5) is 13.7. The summed E-state index contributed by atoms with van der Waals surface area (Å²) in [6.45, 7) is 11.5. The molecule has 0 aromatic carbocycles. The Morgan fingerprint density at radius 2 is 1.88 bits per heavy atom. The lowest BCUT2D eigenvalue weighted by Crippen LogP contribution is -2.35. The predicted molar refractivity (Wildman–Crippen MR) is 68.9 cm³/mol. The largest absolute Gasteiger partial charge is 0.460 e. The summed E-state index contributed by atoms with van der Waals surface area (Å²) in [5.41, 5.74) is -0.412. The van der Waals surface area contributed by atoms with Crippen LogP contribution in [0.5, 0.6) is 0 Å². The Labute approximate surface area is 105 Å². The van der Waals surface area contributed by atoms with Gasteiger partial charge in [-0.05, 0) is 41.0 Å². The number of aliphatic hydroxyl groups excluding tert-OH is 1. The van der Waals surface area contributed by atoms with Crippen LogP contribution in [0.1, 0.15) is 47.5 Å². The lowest BCUT2D eigenvalue weighted by molar-refractivity contribution is -0.155. The molecule has 0 atom stereocenters. The molecule has 0 aliphatic carbocycles. The van der Waals surface area contributed by atoms with Crippen LogP contribution < -0.4 is 0 Å². The first-order chi connectivity index (χ1) is 7.76. The number of carbonyl (C=O) groups excluding carboxylic acids is 1. The Hall–Kier alpha value is -0.610. The van der Waals surface area contributed by atoms with Crippen LogP contribution in [0, 0.1) is 0 Å². The number of ether oxygens (including phenoxy) is 1. The zero-order valence-electron chi connectivity index (χ0n) is 11.8. The third kappa shape index (κ3) is 9.12. The Morgan fingerprint density at radius 3 is 2.29 bits per heavy atom. The van der Waals surface area contributed by atoms with Crippen LogP contribution in [0.3, 0.4) is 0 Å². The molecule has 0 aliphatic heterocycles. The van der Waals surface area contributed by atoms with Crippen molar-refractivity contribution in [1.29, 1.82) is 0 Å². The van der Waals surface area contributed by atoms with Crippen molar-refractivity contribution in [2.75, 3.05) is 19.7 Å². The second-order valence-electron chi connectivity index (χ2n) is 5.54. The summed E-state index contributed by atoms with van der Waals surface area (Å²) < 4.78 is 5.26. The minimum atomic E-state index is -0.412.